The molecule has 2 aliphatic rings. The maximum absolute atomic E-state index is 13.8. The van der Waals surface area contributed by atoms with Crippen LogP contribution < -0.4 is 5.32 Å². The van der Waals surface area contributed by atoms with Crippen LogP contribution in [0.5, 0.6) is 0 Å². The van der Waals surface area contributed by atoms with E-state index in [2.05, 4.69) is 17.3 Å². The number of nitrogens with one attached hydrogen (secondary N) is 1. The van der Waals surface area contributed by atoms with Gasteiger partial charge in [0, 0.05) is 35.8 Å². The second-order valence-corrected chi connectivity index (χ2v) is 6.27. The summed E-state index contributed by atoms with van der Waals surface area (Å²) in [5.41, 5.74) is 0.553. The molecule has 110 valence electrons. The fourth-order valence-electron chi connectivity index (χ4n) is 3.84. The lowest BCUT2D eigenvalue weighted by Crippen LogP contribution is -2.47. The van der Waals surface area contributed by atoms with Gasteiger partial charge in [-0.3, -0.25) is 0 Å². The van der Waals surface area contributed by atoms with Crippen molar-refractivity contribution in [2.75, 3.05) is 7.05 Å². The van der Waals surface area contributed by atoms with Crippen molar-refractivity contribution in [1.29, 1.82) is 0 Å². The SMILES string of the molecule is CC(NC1CC2CCC(C1)N2C)c1ccc(F)cc1F. The Balaban J connectivity index is 1.66. The van der Waals surface area contributed by atoms with Gasteiger partial charge in [-0.15, -0.1) is 0 Å². The maximum Gasteiger partial charge on any atom is 0.130 e. The van der Waals surface area contributed by atoms with E-state index in [1.165, 1.54) is 18.9 Å². The van der Waals surface area contributed by atoms with Crippen LogP contribution in [-0.4, -0.2) is 30.1 Å². The quantitative estimate of drug-likeness (QED) is 0.914. The molecule has 20 heavy (non-hydrogen) atoms. The Bertz CT molecular complexity index is 477. The Kier molecular flexibility index (Phi) is 3.78. The molecule has 3 unspecified atom stereocenters. The largest absolute Gasteiger partial charge is 0.307 e. The molecular weight excluding hydrogens is 258 g/mol. The lowest BCUT2D eigenvalue weighted by atomic mass is 9.96. The van der Waals surface area contributed by atoms with Crippen LogP contribution in [0.1, 0.15) is 44.2 Å². The summed E-state index contributed by atoms with van der Waals surface area (Å²) >= 11 is 0. The van der Waals surface area contributed by atoms with E-state index in [1.807, 2.05) is 6.92 Å². The molecule has 0 amide bonds. The van der Waals surface area contributed by atoms with E-state index in [0.717, 1.165) is 18.9 Å². The van der Waals surface area contributed by atoms with Crippen molar-refractivity contribution >= 4 is 0 Å². The van der Waals surface area contributed by atoms with E-state index in [4.69, 9.17) is 0 Å². The number of fused-ring (bicyclic) bond motifs is 2. The number of piperidine rings is 1. The Labute approximate surface area is 119 Å². The molecule has 1 aromatic carbocycles. The standard InChI is InChI=1S/C16H22F2N2/c1-10(15-6-3-11(17)7-16(15)18)19-12-8-13-4-5-14(9-12)20(13)2/h3,6-7,10,12-14,19H,4-5,8-9H2,1-2H3. The first-order valence-electron chi connectivity index (χ1n) is 7.47. The number of nitrogens with zero attached hydrogens (tertiary/aromatic N) is 1. The van der Waals surface area contributed by atoms with Crippen molar-refractivity contribution in [3.05, 3.63) is 35.4 Å². The van der Waals surface area contributed by atoms with Gasteiger partial charge in [-0.05, 0) is 45.7 Å². The predicted octanol–water partition coefficient (Wildman–Crippen LogP) is 3.24. The molecule has 2 nitrogen and oxygen atoms in total. The van der Waals surface area contributed by atoms with Crippen molar-refractivity contribution < 1.29 is 8.78 Å². The van der Waals surface area contributed by atoms with Gasteiger partial charge in [0.25, 0.3) is 0 Å². The van der Waals surface area contributed by atoms with Crippen LogP contribution in [0, 0.1) is 11.6 Å². The summed E-state index contributed by atoms with van der Waals surface area (Å²) in [7, 11) is 2.21. The topological polar surface area (TPSA) is 15.3 Å². The van der Waals surface area contributed by atoms with Gasteiger partial charge in [-0.1, -0.05) is 6.07 Å². The van der Waals surface area contributed by atoms with Crippen LogP contribution in [0.15, 0.2) is 18.2 Å². The molecule has 2 saturated heterocycles. The Morgan fingerprint density at radius 1 is 1.20 bits per heavy atom. The third kappa shape index (κ3) is 2.59. The number of hydrogen-bond acceptors (Lipinski definition) is 2. The summed E-state index contributed by atoms with van der Waals surface area (Å²) in [6.07, 6.45) is 4.80. The van der Waals surface area contributed by atoms with Crippen LogP contribution >= 0.6 is 0 Å². The van der Waals surface area contributed by atoms with Gasteiger partial charge in [0.2, 0.25) is 0 Å². The van der Waals surface area contributed by atoms with Crippen molar-refractivity contribution in [1.82, 2.24) is 10.2 Å². The minimum atomic E-state index is -0.518. The van der Waals surface area contributed by atoms with E-state index in [0.29, 0.717) is 23.7 Å². The van der Waals surface area contributed by atoms with Crippen LogP contribution in [0.3, 0.4) is 0 Å². The van der Waals surface area contributed by atoms with Gasteiger partial charge >= 0.3 is 0 Å². The summed E-state index contributed by atoms with van der Waals surface area (Å²) in [5, 5.41) is 3.53. The van der Waals surface area contributed by atoms with Crippen molar-refractivity contribution in [2.45, 2.75) is 56.8 Å². The third-order valence-corrected chi connectivity index (χ3v) is 5.01. The minimum absolute atomic E-state index is 0.0802. The molecule has 3 atom stereocenters. The Morgan fingerprint density at radius 3 is 2.45 bits per heavy atom. The fraction of sp³-hybridized carbons (Fsp3) is 0.625. The summed E-state index contributed by atoms with van der Waals surface area (Å²) in [5.74, 6) is -0.975. The highest BCUT2D eigenvalue weighted by Crippen LogP contribution is 2.35. The number of rotatable bonds is 3. The molecular formula is C16H22F2N2. The molecule has 0 spiro atoms. The van der Waals surface area contributed by atoms with Crippen LogP contribution in [0.2, 0.25) is 0 Å². The van der Waals surface area contributed by atoms with Crippen molar-refractivity contribution in [3.8, 4) is 0 Å². The minimum Gasteiger partial charge on any atom is -0.307 e. The highest BCUT2D eigenvalue weighted by Gasteiger charge is 2.38. The number of benzene rings is 1. The molecule has 0 saturated carbocycles. The summed E-state index contributed by atoms with van der Waals surface area (Å²) in [4.78, 5) is 2.49. The van der Waals surface area contributed by atoms with Crippen LogP contribution in [0.25, 0.3) is 0 Å². The average Bonchev–Trinajstić information content (AvgIpc) is 2.62. The third-order valence-electron chi connectivity index (χ3n) is 5.01. The Morgan fingerprint density at radius 2 is 1.85 bits per heavy atom. The first-order valence-corrected chi connectivity index (χ1v) is 7.47. The average molecular weight is 280 g/mol. The van der Waals surface area contributed by atoms with Crippen molar-refractivity contribution in [3.63, 3.8) is 0 Å². The second kappa shape index (κ2) is 5.41. The molecule has 0 radical (unpaired) electrons. The fourth-order valence-corrected chi connectivity index (χ4v) is 3.84. The zero-order valence-corrected chi connectivity index (χ0v) is 12.1. The molecule has 3 rings (SSSR count). The summed E-state index contributed by atoms with van der Waals surface area (Å²) in [6.45, 7) is 1.95. The molecule has 2 heterocycles. The molecule has 1 aromatic rings. The molecule has 0 aromatic heterocycles. The van der Waals surface area contributed by atoms with Gasteiger partial charge in [-0.2, -0.15) is 0 Å². The van der Waals surface area contributed by atoms with Gasteiger partial charge in [-0.25, -0.2) is 8.78 Å². The van der Waals surface area contributed by atoms with Crippen molar-refractivity contribution in [2.24, 2.45) is 0 Å². The van der Waals surface area contributed by atoms with Gasteiger partial charge in [0.05, 0.1) is 0 Å². The van der Waals surface area contributed by atoms with Crippen LogP contribution in [-0.2, 0) is 0 Å². The Hall–Kier alpha value is -1.00. The second-order valence-electron chi connectivity index (χ2n) is 6.27. The van der Waals surface area contributed by atoms with E-state index in [-0.39, 0.29) is 6.04 Å². The number of hydrogen-bond donors (Lipinski definition) is 1. The van der Waals surface area contributed by atoms with E-state index >= 15 is 0 Å². The van der Waals surface area contributed by atoms with Gasteiger partial charge in [0.1, 0.15) is 11.6 Å². The highest BCUT2D eigenvalue weighted by molar-refractivity contribution is 5.22. The highest BCUT2D eigenvalue weighted by atomic mass is 19.1. The van der Waals surface area contributed by atoms with Crippen LogP contribution in [0.4, 0.5) is 8.78 Å². The predicted molar refractivity (Wildman–Crippen MR) is 75.5 cm³/mol. The normalized spacial score (nSPS) is 31.5. The first-order chi connectivity index (χ1) is 9.54. The zero-order chi connectivity index (χ0) is 14.3. The summed E-state index contributed by atoms with van der Waals surface area (Å²) < 4.78 is 26.8. The molecule has 2 aliphatic heterocycles. The first kappa shape index (κ1) is 14.0. The smallest absolute Gasteiger partial charge is 0.130 e. The molecule has 0 aliphatic carbocycles. The molecule has 2 bridgehead atoms. The molecule has 2 fully saturated rings. The summed E-state index contributed by atoms with van der Waals surface area (Å²) in [6, 6.07) is 5.52. The lowest BCUT2D eigenvalue weighted by Gasteiger charge is -2.38. The zero-order valence-electron chi connectivity index (χ0n) is 12.1. The van der Waals surface area contributed by atoms with E-state index in [9.17, 15) is 8.78 Å². The van der Waals surface area contributed by atoms with E-state index < -0.39 is 11.6 Å². The van der Waals surface area contributed by atoms with Gasteiger partial charge in [0.15, 0.2) is 0 Å². The molecule has 4 heteroatoms. The molecule has 1 N–H and O–H groups in total. The maximum atomic E-state index is 13.8. The monoisotopic (exact) mass is 280 g/mol. The number of halogens is 2. The van der Waals surface area contributed by atoms with E-state index in [1.54, 1.807) is 6.07 Å². The lowest BCUT2D eigenvalue weighted by molar-refractivity contribution is 0.144. The van der Waals surface area contributed by atoms with Gasteiger partial charge < -0.3 is 10.2 Å².